The third-order valence-electron chi connectivity index (χ3n) is 4.38. The number of hydrogen-bond acceptors (Lipinski definition) is 6. The number of aromatic nitrogens is 5. The Labute approximate surface area is 178 Å². The standard InChI is InChI=1S/C19H17F4N7O2/c1-9(29-18(31)12-4-10(15(20)21)3-11(5-12)16(22)23)17-27-8-28-30(17)14-6-13(19(32)24-2)25-7-26-14/h3-9,15-16H,1-2H3,(H,24,32)(H,29,31)/t9-/m0/s1. The van der Waals surface area contributed by atoms with E-state index in [1.165, 1.54) is 31.0 Å². The van der Waals surface area contributed by atoms with E-state index in [-0.39, 0.29) is 22.9 Å². The second-order valence-electron chi connectivity index (χ2n) is 6.56. The Morgan fingerprint density at radius 1 is 0.906 bits per heavy atom. The van der Waals surface area contributed by atoms with Crippen LogP contribution < -0.4 is 10.6 Å². The number of rotatable bonds is 7. The van der Waals surface area contributed by atoms with E-state index in [1.54, 1.807) is 0 Å². The third kappa shape index (κ3) is 4.87. The normalized spacial score (nSPS) is 12.1. The molecule has 0 aliphatic heterocycles. The van der Waals surface area contributed by atoms with Crippen LogP contribution in [0.15, 0.2) is 36.9 Å². The fourth-order valence-corrected chi connectivity index (χ4v) is 2.84. The van der Waals surface area contributed by atoms with Crippen molar-refractivity contribution in [2.45, 2.75) is 25.8 Å². The van der Waals surface area contributed by atoms with E-state index in [4.69, 9.17) is 0 Å². The first kappa shape index (κ1) is 22.8. The highest BCUT2D eigenvalue weighted by molar-refractivity contribution is 5.95. The van der Waals surface area contributed by atoms with Gasteiger partial charge in [0.25, 0.3) is 24.7 Å². The fraction of sp³-hybridized carbons (Fsp3) is 0.263. The molecule has 2 amide bonds. The summed E-state index contributed by atoms with van der Waals surface area (Å²) in [5.74, 6) is -0.929. The summed E-state index contributed by atoms with van der Waals surface area (Å²) < 4.78 is 53.5. The lowest BCUT2D eigenvalue weighted by Crippen LogP contribution is -2.29. The van der Waals surface area contributed by atoms with Gasteiger partial charge in [0.15, 0.2) is 11.6 Å². The molecule has 1 atom stereocenters. The molecule has 3 rings (SSSR count). The van der Waals surface area contributed by atoms with Crippen LogP contribution in [-0.4, -0.2) is 43.6 Å². The zero-order chi connectivity index (χ0) is 23.4. The van der Waals surface area contributed by atoms with Crippen LogP contribution in [0.1, 0.15) is 63.6 Å². The number of nitrogens with one attached hydrogen (secondary N) is 2. The molecular formula is C19H17F4N7O2. The maximum absolute atomic E-state index is 13.1. The van der Waals surface area contributed by atoms with Crippen LogP contribution in [0.5, 0.6) is 0 Å². The molecule has 0 saturated heterocycles. The van der Waals surface area contributed by atoms with Gasteiger partial charge >= 0.3 is 0 Å². The van der Waals surface area contributed by atoms with Gasteiger partial charge in [-0.2, -0.15) is 9.78 Å². The summed E-state index contributed by atoms with van der Waals surface area (Å²) in [5.41, 5.74) is -1.66. The van der Waals surface area contributed by atoms with E-state index in [1.807, 2.05) is 0 Å². The van der Waals surface area contributed by atoms with Gasteiger partial charge in [-0.15, -0.1) is 0 Å². The fourth-order valence-electron chi connectivity index (χ4n) is 2.84. The molecule has 2 aromatic heterocycles. The molecule has 13 heteroatoms. The number of carbonyl (C=O) groups excluding carboxylic acids is 2. The van der Waals surface area contributed by atoms with Gasteiger partial charge in [-0.3, -0.25) is 9.59 Å². The Bertz CT molecular complexity index is 1110. The Morgan fingerprint density at radius 3 is 2.16 bits per heavy atom. The Balaban J connectivity index is 1.87. The minimum absolute atomic E-state index is 0.0685. The van der Waals surface area contributed by atoms with Crippen molar-refractivity contribution in [3.05, 3.63) is 65.1 Å². The zero-order valence-corrected chi connectivity index (χ0v) is 16.8. The maximum atomic E-state index is 13.1. The van der Waals surface area contributed by atoms with Crippen molar-refractivity contribution in [3.63, 3.8) is 0 Å². The zero-order valence-electron chi connectivity index (χ0n) is 16.8. The largest absolute Gasteiger partial charge is 0.354 e. The molecule has 2 N–H and O–H groups in total. The Morgan fingerprint density at radius 2 is 1.56 bits per heavy atom. The molecule has 32 heavy (non-hydrogen) atoms. The van der Waals surface area contributed by atoms with Crippen molar-refractivity contribution in [2.75, 3.05) is 7.05 Å². The summed E-state index contributed by atoms with van der Waals surface area (Å²) in [7, 11) is 1.44. The Hall–Kier alpha value is -3.90. The molecule has 168 valence electrons. The smallest absolute Gasteiger partial charge is 0.269 e. The summed E-state index contributed by atoms with van der Waals surface area (Å²) in [5, 5.41) is 8.96. The summed E-state index contributed by atoms with van der Waals surface area (Å²) in [4.78, 5) is 36.3. The molecule has 0 unspecified atom stereocenters. The van der Waals surface area contributed by atoms with E-state index in [9.17, 15) is 27.2 Å². The van der Waals surface area contributed by atoms with E-state index in [2.05, 4.69) is 30.7 Å². The lowest BCUT2D eigenvalue weighted by molar-refractivity contribution is 0.0934. The molecule has 0 aliphatic rings. The highest BCUT2D eigenvalue weighted by Gasteiger charge is 2.22. The van der Waals surface area contributed by atoms with E-state index in [0.29, 0.717) is 6.07 Å². The average molecular weight is 451 g/mol. The number of halogens is 4. The highest BCUT2D eigenvalue weighted by atomic mass is 19.3. The molecule has 3 aromatic rings. The first-order valence-electron chi connectivity index (χ1n) is 9.17. The number of amides is 2. The summed E-state index contributed by atoms with van der Waals surface area (Å²) in [6.07, 6.45) is -3.71. The Kier molecular flexibility index (Phi) is 6.76. The topological polar surface area (TPSA) is 115 Å². The first-order chi connectivity index (χ1) is 15.2. The number of hydrogen-bond donors (Lipinski definition) is 2. The van der Waals surface area contributed by atoms with Gasteiger partial charge in [0.2, 0.25) is 0 Å². The maximum Gasteiger partial charge on any atom is 0.269 e. The van der Waals surface area contributed by atoms with Gasteiger partial charge in [-0.1, -0.05) is 0 Å². The first-order valence-corrected chi connectivity index (χ1v) is 9.17. The number of benzene rings is 1. The minimum Gasteiger partial charge on any atom is -0.354 e. The van der Waals surface area contributed by atoms with Crippen molar-refractivity contribution in [2.24, 2.45) is 0 Å². The average Bonchev–Trinajstić information content (AvgIpc) is 3.28. The minimum atomic E-state index is -3.02. The van der Waals surface area contributed by atoms with Gasteiger partial charge in [-0.05, 0) is 25.1 Å². The third-order valence-corrected chi connectivity index (χ3v) is 4.38. The van der Waals surface area contributed by atoms with Crippen LogP contribution in [0.3, 0.4) is 0 Å². The predicted molar refractivity (Wildman–Crippen MR) is 103 cm³/mol. The van der Waals surface area contributed by atoms with Crippen molar-refractivity contribution >= 4 is 11.8 Å². The van der Waals surface area contributed by atoms with E-state index in [0.717, 1.165) is 18.5 Å². The van der Waals surface area contributed by atoms with Crippen LogP contribution in [0.25, 0.3) is 5.82 Å². The van der Waals surface area contributed by atoms with Gasteiger partial charge in [0.1, 0.15) is 18.3 Å². The molecule has 9 nitrogen and oxygen atoms in total. The SMILES string of the molecule is CNC(=O)c1cc(-n2ncnc2[C@H](C)NC(=O)c2cc(C(F)F)cc(C(F)F)c2)ncn1. The number of alkyl halides is 4. The van der Waals surface area contributed by atoms with Crippen molar-refractivity contribution < 1.29 is 27.2 Å². The quantitative estimate of drug-likeness (QED) is 0.534. The summed E-state index contributed by atoms with van der Waals surface area (Å²) >= 11 is 0. The molecular weight excluding hydrogens is 434 g/mol. The van der Waals surface area contributed by atoms with Crippen LogP contribution in [0.4, 0.5) is 17.6 Å². The second kappa shape index (κ2) is 9.49. The predicted octanol–water partition coefficient (Wildman–Crippen LogP) is 2.78. The van der Waals surface area contributed by atoms with Crippen LogP contribution >= 0.6 is 0 Å². The molecule has 2 heterocycles. The number of nitrogens with zero attached hydrogens (tertiary/aromatic N) is 5. The second-order valence-corrected chi connectivity index (χ2v) is 6.56. The summed E-state index contributed by atoms with van der Waals surface area (Å²) in [6.45, 7) is 1.53. The van der Waals surface area contributed by atoms with Gasteiger partial charge < -0.3 is 10.6 Å². The van der Waals surface area contributed by atoms with Crippen LogP contribution in [0.2, 0.25) is 0 Å². The molecule has 0 radical (unpaired) electrons. The summed E-state index contributed by atoms with van der Waals surface area (Å²) in [6, 6.07) is 2.89. The van der Waals surface area contributed by atoms with E-state index < -0.39 is 41.8 Å². The molecule has 0 aliphatic carbocycles. The monoisotopic (exact) mass is 451 g/mol. The molecule has 0 spiro atoms. The lowest BCUT2D eigenvalue weighted by atomic mass is 10.0. The lowest BCUT2D eigenvalue weighted by Gasteiger charge is -2.15. The van der Waals surface area contributed by atoms with Crippen LogP contribution in [-0.2, 0) is 0 Å². The van der Waals surface area contributed by atoms with E-state index >= 15 is 0 Å². The number of carbonyl (C=O) groups is 2. The van der Waals surface area contributed by atoms with Crippen LogP contribution in [0, 0.1) is 0 Å². The van der Waals surface area contributed by atoms with Crippen molar-refractivity contribution in [3.8, 4) is 5.82 Å². The van der Waals surface area contributed by atoms with Gasteiger partial charge in [0, 0.05) is 29.8 Å². The molecule has 1 aromatic carbocycles. The molecule has 0 saturated carbocycles. The highest BCUT2D eigenvalue weighted by Crippen LogP contribution is 2.27. The van der Waals surface area contributed by atoms with Gasteiger partial charge in [-0.25, -0.2) is 32.5 Å². The van der Waals surface area contributed by atoms with Crippen molar-refractivity contribution in [1.29, 1.82) is 0 Å². The molecule has 0 fully saturated rings. The van der Waals surface area contributed by atoms with Gasteiger partial charge in [0.05, 0.1) is 6.04 Å². The van der Waals surface area contributed by atoms with Crippen molar-refractivity contribution in [1.82, 2.24) is 35.4 Å². The molecule has 0 bridgehead atoms.